The molecule has 3 rings (SSSR count). The van der Waals surface area contributed by atoms with Gasteiger partial charge in [0.05, 0.1) is 0 Å². The van der Waals surface area contributed by atoms with E-state index in [0.29, 0.717) is 12.2 Å². The number of nitrogens with zero attached hydrogens (tertiary/aromatic N) is 2. The summed E-state index contributed by atoms with van der Waals surface area (Å²) in [6.45, 7) is 9.10. The number of piperazine rings is 1. The molecule has 0 spiro atoms. The molecular formula is C24H31FN2O2. The Bertz CT molecular complexity index is 758. The Balaban J connectivity index is 1.50. The Hall–Kier alpha value is -2.08. The minimum atomic E-state index is -0.315. The zero-order valence-electron chi connectivity index (χ0n) is 17.4. The highest BCUT2D eigenvalue weighted by molar-refractivity contribution is 5.97. The maximum absolute atomic E-state index is 13.1. The molecule has 0 aromatic heterocycles. The zero-order valence-corrected chi connectivity index (χ0v) is 17.4. The summed E-state index contributed by atoms with van der Waals surface area (Å²) in [7, 11) is 0. The van der Waals surface area contributed by atoms with Gasteiger partial charge >= 0.3 is 0 Å². The third-order valence-electron chi connectivity index (χ3n) is 5.53. The summed E-state index contributed by atoms with van der Waals surface area (Å²) in [5, 5.41) is 0. The van der Waals surface area contributed by atoms with Crippen LogP contribution in [-0.4, -0.2) is 61.1 Å². The molecule has 2 atom stereocenters. The predicted octanol–water partition coefficient (Wildman–Crippen LogP) is 3.87. The third-order valence-corrected chi connectivity index (χ3v) is 5.53. The van der Waals surface area contributed by atoms with E-state index in [0.717, 1.165) is 39.1 Å². The molecule has 4 nitrogen and oxygen atoms in total. The Morgan fingerprint density at radius 1 is 1.03 bits per heavy atom. The minimum Gasteiger partial charge on any atom is -0.363 e. The number of hydrogen-bond donors (Lipinski definition) is 0. The first-order chi connectivity index (χ1) is 14.1. The highest BCUT2D eigenvalue weighted by Gasteiger charge is 2.26. The van der Waals surface area contributed by atoms with Gasteiger partial charge in [-0.1, -0.05) is 37.3 Å². The molecule has 156 valence electrons. The molecule has 0 aliphatic carbocycles. The highest BCUT2D eigenvalue weighted by atomic mass is 19.1. The zero-order chi connectivity index (χ0) is 20.6. The Labute approximate surface area is 173 Å². The Morgan fingerprint density at radius 2 is 1.69 bits per heavy atom. The van der Waals surface area contributed by atoms with Gasteiger partial charge in [-0.25, -0.2) is 4.39 Å². The molecule has 0 N–H and O–H groups in total. The van der Waals surface area contributed by atoms with E-state index in [9.17, 15) is 9.18 Å². The molecule has 0 saturated carbocycles. The van der Waals surface area contributed by atoms with E-state index in [2.05, 4.69) is 34.1 Å². The Kier molecular flexibility index (Phi) is 7.92. The first-order valence-corrected chi connectivity index (χ1v) is 10.5. The maximum atomic E-state index is 13.1. The summed E-state index contributed by atoms with van der Waals surface area (Å²) in [5.41, 5.74) is 1.86. The minimum absolute atomic E-state index is 0.0729. The van der Waals surface area contributed by atoms with Gasteiger partial charge in [0.25, 0.3) is 0 Å². The van der Waals surface area contributed by atoms with E-state index < -0.39 is 0 Å². The number of halogens is 1. The van der Waals surface area contributed by atoms with E-state index >= 15 is 0 Å². The fraction of sp³-hybridized carbons (Fsp3) is 0.458. The Morgan fingerprint density at radius 3 is 2.31 bits per heavy atom. The van der Waals surface area contributed by atoms with Gasteiger partial charge in [-0.2, -0.15) is 0 Å². The number of carbonyl (C=O) groups excluding carboxylic acids is 1. The first kappa shape index (κ1) is 21.6. The molecule has 0 radical (unpaired) electrons. The van der Waals surface area contributed by atoms with Gasteiger partial charge in [0.1, 0.15) is 12.0 Å². The average molecular weight is 399 g/mol. The molecule has 1 aliphatic rings. The molecule has 1 heterocycles. The standard InChI is InChI=1S/C24H31FN2O2/c1-3-29-23(17-20-7-5-4-6-8-20)27-15-13-26(14-16-27)18-19(2)24(28)21-9-11-22(25)12-10-21/h4-12,19,23H,3,13-18H2,1-2H3. The third kappa shape index (κ3) is 6.20. The molecule has 2 aromatic carbocycles. The van der Waals surface area contributed by atoms with Crippen LogP contribution < -0.4 is 0 Å². The van der Waals surface area contributed by atoms with Crippen LogP contribution in [0.25, 0.3) is 0 Å². The van der Waals surface area contributed by atoms with Crippen molar-refractivity contribution in [1.82, 2.24) is 9.80 Å². The molecular weight excluding hydrogens is 367 g/mol. The lowest BCUT2D eigenvalue weighted by Crippen LogP contribution is -2.52. The molecule has 29 heavy (non-hydrogen) atoms. The van der Waals surface area contributed by atoms with Crippen molar-refractivity contribution in [1.29, 1.82) is 0 Å². The van der Waals surface area contributed by atoms with Gasteiger partial charge in [0.15, 0.2) is 5.78 Å². The smallest absolute Gasteiger partial charge is 0.166 e. The SMILES string of the molecule is CCOC(Cc1ccccc1)N1CCN(CC(C)C(=O)c2ccc(F)cc2)CC1. The second kappa shape index (κ2) is 10.6. The van der Waals surface area contributed by atoms with Crippen LogP contribution in [0.3, 0.4) is 0 Å². The molecule has 0 amide bonds. The van der Waals surface area contributed by atoms with Crippen LogP contribution in [-0.2, 0) is 11.2 Å². The van der Waals surface area contributed by atoms with E-state index in [-0.39, 0.29) is 23.7 Å². The van der Waals surface area contributed by atoms with Crippen molar-refractivity contribution < 1.29 is 13.9 Å². The fourth-order valence-corrected chi connectivity index (χ4v) is 3.90. The molecule has 2 aromatic rings. The summed E-state index contributed by atoms with van der Waals surface area (Å²) in [6, 6.07) is 16.3. The number of rotatable bonds is 9. The van der Waals surface area contributed by atoms with Crippen LogP contribution >= 0.6 is 0 Å². The topological polar surface area (TPSA) is 32.8 Å². The number of benzene rings is 2. The first-order valence-electron chi connectivity index (χ1n) is 10.5. The molecule has 1 aliphatic heterocycles. The second-order valence-corrected chi connectivity index (χ2v) is 7.71. The number of carbonyl (C=O) groups is 1. The largest absolute Gasteiger partial charge is 0.363 e. The number of ether oxygens (including phenoxy) is 1. The van der Waals surface area contributed by atoms with Gasteiger partial charge in [-0.3, -0.25) is 9.69 Å². The van der Waals surface area contributed by atoms with Crippen LogP contribution in [0.15, 0.2) is 54.6 Å². The molecule has 2 unspecified atom stereocenters. The number of hydrogen-bond acceptors (Lipinski definition) is 4. The maximum Gasteiger partial charge on any atom is 0.166 e. The van der Waals surface area contributed by atoms with Gasteiger partial charge in [0, 0.05) is 57.2 Å². The van der Waals surface area contributed by atoms with Gasteiger partial charge in [-0.05, 0) is 36.8 Å². The monoisotopic (exact) mass is 398 g/mol. The lowest BCUT2D eigenvalue weighted by Gasteiger charge is -2.39. The van der Waals surface area contributed by atoms with Gasteiger partial charge < -0.3 is 9.64 Å². The lowest BCUT2D eigenvalue weighted by molar-refractivity contribution is -0.0719. The van der Waals surface area contributed by atoms with Crippen LogP contribution in [0, 0.1) is 11.7 Å². The van der Waals surface area contributed by atoms with Gasteiger partial charge in [0.2, 0.25) is 0 Å². The van der Waals surface area contributed by atoms with E-state index in [1.54, 1.807) is 12.1 Å². The quantitative estimate of drug-likeness (QED) is 0.601. The number of Topliss-reactive ketones (excluding diaryl/α,β-unsaturated/α-hetero) is 1. The van der Waals surface area contributed by atoms with Crippen molar-refractivity contribution in [2.45, 2.75) is 26.5 Å². The van der Waals surface area contributed by atoms with Crippen molar-refractivity contribution in [3.63, 3.8) is 0 Å². The summed E-state index contributed by atoms with van der Waals surface area (Å²) >= 11 is 0. The molecule has 0 bridgehead atoms. The number of ketones is 1. The van der Waals surface area contributed by atoms with Crippen LogP contribution in [0.4, 0.5) is 4.39 Å². The molecule has 1 saturated heterocycles. The predicted molar refractivity (Wildman–Crippen MR) is 113 cm³/mol. The van der Waals surface area contributed by atoms with E-state index in [1.165, 1.54) is 17.7 Å². The fourth-order valence-electron chi connectivity index (χ4n) is 3.90. The van der Waals surface area contributed by atoms with Gasteiger partial charge in [-0.15, -0.1) is 0 Å². The van der Waals surface area contributed by atoms with Crippen molar-refractivity contribution in [3.8, 4) is 0 Å². The van der Waals surface area contributed by atoms with Crippen LogP contribution in [0.5, 0.6) is 0 Å². The molecule has 1 fully saturated rings. The average Bonchev–Trinajstić information content (AvgIpc) is 2.75. The van der Waals surface area contributed by atoms with Crippen molar-refractivity contribution in [2.24, 2.45) is 5.92 Å². The van der Waals surface area contributed by atoms with Crippen LogP contribution in [0.1, 0.15) is 29.8 Å². The normalized spacial score (nSPS) is 17.8. The van der Waals surface area contributed by atoms with E-state index in [1.807, 2.05) is 19.9 Å². The van der Waals surface area contributed by atoms with Crippen molar-refractivity contribution in [3.05, 3.63) is 71.5 Å². The van der Waals surface area contributed by atoms with E-state index in [4.69, 9.17) is 4.74 Å². The van der Waals surface area contributed by atoms with Crippen molar-refractivity contribution in [2.75, 3.05) is 39.3 Å². The second-order valence-electron chi connectivity index (χ2n) is 7.71. The van der Waals surface area contributed by atoms with Crippen LogP contribution in [0.2, 0.25) is 0 Å². The highest BCUT2D eigenvalue weighted by Crippen LogP contribution is 2.16. The summed E-state index contributed by atoms with van der Waals surface area (Å²) in [6.07, 6.45) is 0.969. The summed E-state index contributed by atoms with van der Waals surface area (Å²) in [4.78, 5) is 17.4. The lowest BCUT2D eigenvalue weighted by atomic mass is 9.98. The molecule has 5 heteroatoms. The van der Waals surface area contributed by atoms with Crippen molar-refractivity contribution >= 4 is 5.78 Å². The summed E-state index contributed by atoms with van der Waals surface area (Å²) in [5.74, 6) is -0.354. The summed E-state index contributed by atoms with van der Waals surface area (Å²) < 4.78 is 19.1.